The topological polar surface area (TPSA) is 24.1 Å². The van der Waals surface area contributed by atoms with Crippen LogP contribution in [0.5, 0.6) is 0 Å². The van der Waals surface area contributed by atoms with E-state index < -0.39 is 0 Å². The highest BCUT2D eigenvalue weighted by Gasteiger charge is 2.57. The molecule has 0 aromatic heterocycles. The minimum atomic E-state index is 0.326. The molecule has 1 aromatic carbocycles. The molecule has 5 rings (SSSR count). The molecule has 0 heterocycles. The lowest BCUT2D eigenvalue weighted by Gasteiger charge is -2.35. The summed E-state index contributed by atoms with van der Waals surface area (Å²) in [5, 5.41) is 7.82. The van der Waals surface area contributed by atoms with Crippen LogP contribution in [-0.2, 0) is 0 Å². The Morgan fingerprint density at radius 2 is 1.74 bits per heavy atom. The third-order valence-corrected chi connectivity index (χ3v) is 5.59. The predicted octanol–water partition coefficient (Wildman–Crippen LogP) is 3.55. The van der Waals surface area contributed by atoms with Gasteiger partial charge < -0.3 is 10.6 Å². The summed E-state index contributed by atoms with van der Waals surface area (Å²) in [6, 6.07) is 10.2. The van der Waals surface area contributed by atoms with Crippen molar-refractivity contribution in [3.8, 4) is 0 Å². The van der Waals surface area contributed by atoms with Crippen molar-refractivity contribution in [2.45, 2.75) is 37.6 Å². The second kappa shape index (κ2) is 4.20. The van der Waals surface area contributed by atoms with Crippen molar-refractivity contribution in [3.63, 3.8) is 0 Å². The molecule has 100 valence electrons. The largest absolute Gasteiger partial charge is 0.357 e. The molecule has 2 N–H and O–H groups in total. The number of thiocarbonyl (C=S) groups is 1. The molecule has 19 heavy (non-hydrogen) atoms. The van der Waals surface area contributed by atoms with Gasteiger partial charge in [-0.05, 0) is 74.2 Å². The van der Waals surface area contributed by atoms with E-state index in [0.717, 1.165) is 28.6 Å². The van der Waals surface area contributed by atoms with Crippen LogP contribution in [0.1, 0.15) is 32.1 Å². The van der Waals surface area contributed by atoms with Gasteiger partial charge in [0.25, 0.3) is 0 Å². The molecular formula is C16H20N2S. The lowest BCUT2D eigenvalue weighted by Crippen LogP contribution is -2.50. The molecule has 2 unspecified atom stereocenters. The van der Waals surface area contributed by atoms with Gasteiger partial charge in [-0.25, -0.2) is 0 Å². The number of hydrogen-bond donors (Lipinski definition) is 2. The van der Waals surface area contributed by atoms with Crippen molar-refractivity contribution in [2.24, 2.45) is 17.8 Å². The molecule has 4 saturated carbocycles. The molecule has 0 aliphatic heterocycles. The molecule has 2 nitrogen and oxygen atoms in total. The van der Waals surface area contributed by atoms with Gasteiger partial charge in [-0.2, -0.15) is 0 Å². The fourth-order valence-electron chi connectivity index (χ4n) is 4.91. The minimum absolute atomic E-state index is 0.326. The quantitative estimate of drug-likeness (QED) is 0.805. The molecule has 4 aliphatic carbocycles. The van der Waals surface area contributed by atoms with Crippen LogP contribution in [0.25, 0.3) is 0 Å². The van der Waals surface area contributed by atoms with E-state index in [1.807, 2.05) is 18.2 Å². The summed E-state index contributed by atoms with van der Waals surface area (Å²) in [5.74, 6) is 2.79. The number of para-hydroxylation sites is 1. The summed E-state index contributed by atoms with van der Waals surface area (Å²) in [6.45, 7) is 0. The van der Waals surface area contributed by atoms with Crippen molar-refractivity contribution >= 4 is 23.0 Å². The monoisotopic (exact) mass is 272 g/mol. The van der Waals surface area contributed by atoms with Gasteiger partial charge >= 0.3 is 0 Å². The zero-order chi connectivity index (χ0) is 12.9. The zero-order valence-corrected chi connectivity index (χ0v) is 11.9. The van der Waals surface area contributed by atoms with Crippen molar-refractivity contribution in [2.75, 3.05) is 5.32 Å². The fourth-order valence-corrected chi connectivity index (χ4v) is 5.23. The van der Waals surface area contributed by atoms with Gasteiger partial charge in [-0.1, -0.05) is 18.2 Å². The summed E-state index contributed by atoms with van der Waals surface area (Å²) in [6.07, 6.45) is 7.00. The SMILES string of the molecule is S=C(Nc1ccccc1)NC12C[C@@H]3CC1C[C@@H](C3)C2. The Bertz CT molecular complexity index is 485. The van der Waals surface area contributed by atoms with Crippen LogP contribution in [0.15, 0.2) is 30.3 Å². The van der Waals surface area contributed by atoms with Crippen LogP contribution >= 0.6 is 12.2 Å². The fraction of sp³-hybridized carbons (Fsp3) is 0.562. The number of anilines is 1. The van der Waals surface area contributed by atoms with Crippen molar-refractivity contribution in [1.82, 2.24) is 5.32 Å². The Hall–Kier alpha value is -1.09. The van der Waals surface area contributed by atoms with Gasteiger partial charge in [-0.3, -0.25) is 0 Å². The van der Waals surface area contributed by atoms with E-state index in [9.17, 15) is 0 Å². The van der Waals surface area contributed by atoms with Crippen LogP contribution in [-0.4, -0.2) is 10.7 Å². The molecule has 4 fully saturated rings. The van der Waals surface area contributed by atoms with E-state index in [1.54, 1.807) is 0 Å². The second-order valence-electron chi connectivity index (χ2n) is 6.65. The summed E-state index contributed by atoms with van der Waals surface area (Å²) >= 11 is 5.52. The third kappa shape index (κ3) is 1.95. The second-order valence-corrected chi connectivity index (χ2v) is 7.05. The summed E-state index contributed by atoms with van der Waals surface area (Å²) in [4.78, 5) is 0. The molecule has 3 heteroatoms. The normalized spacial score (nSPS) is 38.4. The smallest absolute Gasteiger partial charge is 0.171 e. The Balaban J connectivity index is 1.46. The predicted molar refractivity (Wildman–Crippen MR) is 82.1 cm³/mol. The van der Waals surface area contributed by atoms with Crippen molar-refractivity contribution in [1.29, 1.82) is 0 Å². The van der Waals surface area contributed by atoms with E-state index in [-0.39, 0.29) is 0 Å². The average Bonchev–Trinajstić information content (AvgIpc) is 2.74. The summed E-state index contributed by atoms with van der Waals surface area (Å²) in [5.41, 5.74) is 1.40. The van der Waals surface area contributed by atoms with E-state index in [0.29, 0.717) is 5.54 Å². The average molecular weight is 272 g/mol. The first kappa shape index (κ1) is 11.7. The summed E-state index contributed by atoms with van der Waals surface area (Å²) < 4.78 is 0. The Kier molecular flexibility index (Phi) is 2.59. The first-order valence-electron chi connectivity index (χ1n) is 7.38. The maximum absolute atomic E-state index is 5.52. The van der Waals surface area contributed by atoms with Gasteiger partial charge in [0.1, 0.15) is 0 Å². The number of hydrogen-bond acceptors (Lipinski definition) is 1. The number of benzene rings is 1. The number of nitrogens with one attached hydrogen (secondary N) is 2. The lowest BCUT2D eigenvalue weighted by molar-refractivity contribution is 0.256. The highest BCUT2D eigenvalue weighted by atomic mass is 32.1. The molecular weight excluding hydrogens is 252 g/mol. The number of rotatable bonds is 2. The highest BCUT2D eigenvalue weighted by molar-refractivity contribution is 7.80. The van der Waals surface area contributed by atoms with E-state index >= 15 is 0 Å². The zero-order valence-electron chi connectivity index (χ0n) is 11.1. The molecule has 0 spiro atoms. The van der Waals surface area contributed by atoms with Gasteiger partial charge in [0.05, 0.1) is 0 Å². The van der Waals surface area contributed by atoms with Crippen molar-refractivity contribution in [3.05, 3.63) is 30.3 Å². The van der Waals surface area contributed by atoms with Gasteiger partial charge in [0.2, 0.25) is 0 Å². The summed E-state index contributed by atoms with van der Waals surface area (Å²) in [7, 11) is 0. The van der Waals surface area contributed by atoms with Crippen LogP contribution in [0, 0.1) is 17.8 Å². The molecule has 0 saturated heterocycles. The molecule has 4 bridgehead atoms. The maximum Gasteiger partial charge on any atom is 0.171 e. The molecule has 4 atom stereocenters. The Labute approximate surface area is 120 Å². The van der Waals surface area contributed by atoms with E-state index in [4.69, 9.17) is 12.2 Å². The Morgan fingerprint density at radius 3 is 2.42 bits per heavy atom. The van der Waals surface area contributed by atoms with Gasteiger partial charge in [-0.15, -0.1) is 0 Å². The van der Waals surface area contributed by atoms with Crippen LogP contribution in [0.2, 0.25) is 0 Å². The molecule has 1 aromatic rings. The van der Waals surface area contributed by atoms with Crippen LogP contribution in [0.4, 0.5) is 5.69 Å². The minimum Gasteiger partial charge on any atom is -0.357 e. The van der Waals surface area contributed by atoms with Crippen molar-refractivity contribution < 1.29 is 0 Å². The standard InChI is InChI=1S/C16H20N2S/c19-15(17-14-4-2-1-3-5-14)18-16-9-11-6-12(10-16)8-13(16)7-11/h1-5,11-13H,6-10H2,(H2,17,18,19)/t11-,12+,13?,16?. The van der Waals surface area contributed by atoms with E-state index in [2.05, 4.69) is 22.8 Å². The van der Waals surface area contributed by atoms with Gasteiger partial charge in [0.15, 0.2) is 5.11 Å². The highest BCUT2D eigenvalue weighted by Crippen LogP contribution is 2.60. The molecule has 4 aliphatic rings. The van der Waals surface area contributed by atoms with Crippen LogP contribution in [0.3, 0.4) is 0 Å². The first-order chi connectivity index (χ1) is 9.23. The van der Waals surface area contributed by atoms with E-state index in [1.165, 1.54) is 32.1 Å². The van der Waals surface area contributed by atoms with Crippen LogP contribution < -0.4 is 10.6 Å². The lowest BCUT2D eigenvalue weighted by atomic mass is 9.80. The molecule has 0 amide bonds. The molecule has 0 radical (unpaired) electrons. The Morgan fingerprint density at radius 1 is 1.05 bits per heavy atom. The first-order valence-corrected chi connectivity index (χ1v) is 7.78. The maximum atomic E-state index is 5.52. The third-order valence-electron chi connectivity index (χ3n) is 5.38. The van der Waals surface area contributed by atoms with Gasteiger partial charge in [0, 0.05) is 11.2 Å².